The van der Waals surface area contributed by atoms with Crippen LogP contribution in [0.3, 0.4) is 0 Å². The number of amides is 2. The number of rotatable bonds is 3. The quantitative estimate of drug-likeness (QED) is 0.680. The summed E-state index contributed by atoms with van der Waals surface area (Å²) in [6.07, 6.45) is 2.71. The second-order valence-electron chi connectivity index (χ2n) is 8.66. The lowest BCUT2D eigenvalue weighted by Gasteiger charge is -2.34. The monoisotopic (exact) mass is 416 g/mol. The van der Waals surface area contributed by atoms with Crippen LogP contribution in [0.25, 0.3) is 0 Å². The Balaban J connectivity index is 1.47. The van der Waals surface area contributed by atoms with Crippen molar-refractivity contribution >= 4 is 17.5 Å². The predicted octanol–water partition coefficient (Wildman–Crippen LogP) is 3.90. The maximum atomic E-state index is 13.7. The van der Waals surface area contributed by atoms with Gasteiger partial charge in [-0.25, -0.2) is 4.39 Å². The van der Waals surface area contributed by atoms with Crippen molar-refractivity contribution in [2.75, 3.05) is 11.9 Å². The molecule has 1 saturated heterocycles. The standard InChI is InChI=1S/C24H21FN4O2/c25-16-9-7-15(8-10-16)21-24(17-3-1-2-4-18(17)26-23(24)31)11-12-29(21)22(30)20-13-19(27-28-20)14-5-6-14/h1-4,7-10,13-14,21H,5-6,11-12H2,(H,26,31)(H,27,28)/t21-,24+/m0/s1. The molecule has 0 bridgehead atoms. The van der Waals surface area contributed by atoms with Crippen LogP contribution in [0, 0.1) is 5.82 Å². The van der Waals surface area contributed by atoms with Gasteiger partial charge in [0, 0.05) is 23.8 Å². The Kier molecular flexibility index (Phi) is 3.84. The molecule has 3 aliphatic rings. The zero-order chi connectivity index (χ0) is 21.2. The first kappa shape index (κ1) is 18.3. The first-order valence-corrected chi connectivity index (χ1v) is 10.6. The summed E-state index contributed by atoms with van der Waals surface area (Å²) in [7, 11) is 0. The maximum absolute atomic E-state index is 13.7. The molecule has 2 aromatic carbocycles. The molecule has 2 amide bonds. The van der Waals surface area contributed by atoms with Crippen molar-refractivity contribution in [3.05, 3.63) is 82.9 Å². The summed E-state index contributed by atoms with van der Waals surface area (Å²) >= 11 is 0. The average Bonchev–Trinajstić information content (AvgIpc) is 3.27. The number of fused-ring (bicyclic) bond motifs is 2. The topological polar surface area (TPSA) is 78.1 Å². The highest BCUT2D eigenvalue weighted by atomic mass is 19.1. The number of nitrogens with one attached hydrogen (secondary N) is 2. The number of benzene rings is 2. The molecule has 6 rings (SSSR count). The van der Waals surface area contributed by atoms with Gasteiger partial charge >= 0.3 is 0 Å². The van der Waals surface area contributed by atoms with Crippen molar-refractivity contribution < 1.29 is 14.0 Å². The van der Waals surface area contributed by atoms with Gasteiger partial charge in [-0.2, -0.15) is 5.10 Å². The molecule has 2 fully saturated rings. The first-order valence-electron chi connectivity index (χ1n) is 10.6. The van der Waals surface area contributed by atoms with E-state index in [2.05, 4.69) is 15.5 Å². The van der Waals surface area contributed by atoms with Gasteiger partial charge in [0.2, 0.25) is 5.91 Å². The molecule has 2 N–H and O–H groups in total. The van der Waals surface area contributed by atoms with Crippen LogP contribution in [0.15, 0.2) is 54.6 Å². The number of carbonyl (C=O) groups excluding carboxylic acids is 2. The number of H-pyrrole nitrogens is 1. The lowest BCUT2D eigenvalue weighted by atomic mass is 9.72. The molecule has 1 spiro atoms. The highest BCUT2D eigenvalue weighted by Crippen LogP contribution is 2.55. The summed E-state index contributed by atoms with van der Waals surface area (Å²) in [5.74, 6) is -0.240. The van der Waals surface area contributed by atoms with Crippen LogP contribution < -0.4 is 5.32 Å². The van der Waals surface area contributed by atoms with E-state index in [9.17, 15) is 14.0 Å². The van der Waals surface area contributed by atoms with Crippen molar-refractivity contribution in [3.8, 4) is 0 Å². The van der Waals surface area contributed by atoms with Gasteiger partial charge in [-0.3, -0.25) is 14.7 Å². The van der Waals surface area contributed by atoms with E-state index in [1.165, 1.54) is 12.1 Å². The molecule has 0 radical (unpaired) electrons. The zero-order valence-corrected chi connectivity index (χ0v) is 16.8. The number of anilines is 1. The number of likely N-dealkylation sites (tertiary alicyclic amines) is 1. The molecule has 0 unspecified atom stereocenters. The van der Waals surface area contributed by atoms with Gasteiger partial charge in [0.15, 0.2) is 0 Å². The van der Waals surface area contributed by atoms with Gasteiger partial charge in [-0.1, -0.05) is 30.3 Å². The maximum Gasteiger partial charge on any atom is 0.274 e. The summed E-state index contributed by atoms with van der Waals surface area (Å²) in [5, 5.41) is 10.3. The Bertz CT molecular complexity index is 1200. The average molecular weight is 416 g/mol. The van der Waals surface area contributed by atoms with Crippen molar-refractivity contribution in [2.45, 2.75) is 36.6 Å². The van der Waals surface area contributed by atoms with Crippen molar-refractivity contribution in [1.82, 2.24) is 15.1 Å². The van der Waals surface area contributed by atoms with Crippen LogP contribution in [0.4, 0.5) is 10.1 Å². The van der Waals surface area contributed by atoms with Gasteiger partial charge in [-0.05, 0) is 54.7 Å². The summed E-state index contributed by atoms with van der Waals surface area (Å²) in [4.78, 5) is 28.6. The van der Waals surface area contributed by atoms with E-state index in [1.54, 1.807) is 17.0 Å². The molecule has 1 aliphatic carbocycles. The van der Waals surface area contributed by atoms with E-state index < -0.39 is 11.5 Å². The zero-order valence-electron chi connectivity index (χ0n) is 16.8. The molecule has 1 saturated carbocycles. The Hall–Kier alpha value is -3.48. The number of para-hydroxylation sites is 1. The molecule has 3 aromatic rings. The van der Waals surface area contributed by atoms with Gasteiger partial charge in [0.25, 0.3) is 5.91 Å². The van der Waals surface area contributed by atoms with Crippen molar-refractivity contribution in [2.24, 2.45) is 0 Å². The Labute approximate surface area is 178 Å². The SMILES string of the molecule is O=C(c1cc(C2CC2)[nH]n1)N1CC[C@]2(C(=O)Nc3ccccc32)[C@@H]1c1ccc(F)cc1. The van der Waals surface area contributed by atoms with Gasteiger partial charge in [0.05, 0.1) is 6.04 Å². The van der Waals surface area contributed by atoms with Crippen molar-refractivity contribution in [3.63, 3.8) is 0 Å². The third-order valence-corrected chi connectivity index (χ3v) is 6.87. The minimum Gasteiger partial charge on any atom is -0.329 e. The molecule has 2 aliphatic heterocycles. The molecule has 156 valence electrons. The van der Waals surface area contributed by atoms with Gasteiger partial charge in [-0.15, -0.1) is 0 Å². The largest absolute Gasteiger partial charge is 0.329 e. The molecule has 1 aromatic heterocycles. The minimum atomic E-state index is -0.917. The van der Waals surface area contributed by atoms with Gasteiger partial charge < -0.3 is 10.2 Å². The lowest BCUT2D eigenvalue weighted by molar-refractivity contribution is -0.121. The van der Waals surface area contributed by atoms with Crippen molar-refractivity contribution in [1.29, 1.82) is 0 Å². The van der Waals surface area contributed by atoms with E-state index in [-0.39, 0.29) is 17.6 Å². The molecule has 3 heterocycles. The molecular formula is C24H21FN4O2. The molecule has 7 heteroatoms. The third kappa shape index (κ3) is 2.65. The van der Waals surface area contributed by atoms with E-state index in [0.717, 1.165) is 35.3 Å². The van der Waals surface area contributed by atoms with E-state index in [1.807, 2.05) is 30.3 Å². The second kappa shape index (κ2) is 6.51. The highest BCUT2D eigenvalue weighted by Gasteiger charge is 2.59. The first-order chi connectivity index (χ1) is 15.1. The molecule has 6 nitrogen and oxygen atoms in total. The van der Waals surface area contributed by atoms with E-state index in [0.29, 0.717) is 24.6 Å². The number of aromatic nitrogens is 2. The summed E-state index contributed by atoms with van der Waals surface area (Å²) in [6.45, 7) is 0.411. The minimum absolute atomic E-state index is 0.126. The lowest BCUT2D eigenvalue weighted by Crippen LogP contribution is -2.42. The molecular weight excluding hydrogens is 395 g/mol. The Morgan fingerprint density at radius 3 is 2.68 bits per heavy atom. The summed E-state index contributed by atoms with van der Waals surface area (Å²) < 4.78 is 13.7. The van der Waals surface area contributed by atoms with Crippen LogP contribution in [0.5, 0.6) is 0 Å². The van der Waals surface area contributed by atoms with Crippen LogP contribution in [0.2, 0.25) is 0 Å². The fourth-order valence-electron chi connectivity index (χ4n) is 5.21. The number of hydrogen-bond acceptors (Lipinski definition) is 3. The fourth-order valence-corrected chi connectivity index (χ4v) is 5.21. The van der Waals surface area contributed by atoms with Crippen LogP contribution in [-0.2, 0) is 10.2 Å². The smallest absolute Gasteiger partial charge is 0.274 e. The van der Waals surface area contributed by atoms with E-state index in [4.69, 9.17) is 0 Å². The summed E-state index contributed by atoms with van der Waals surface area (Å²) in [5.41, 5.74) is 2.81. The highest BCUT2D eigenvalue weighted by molar-refractivity contribution is 6.08. The third-order valence-electron chi connectivity index (χ3n) is 6.87. The fraction of sp³-hybridized carbons (Fsp3) is 0.292. The van der Waals surface area contributed by atoms with Gasteiger partial charge in [0.1, 0.15) is 16.9 Å². The molecule has 2 atom stereocenters. The number of nitrogens with zero attached hydrogens (tertiary/aromatic N) is 2. The normalized spacial score (nSPS) is 24.5. The number of carbonyl (C=O) groups is 2. The van der Waals surface area contributed by atoms with E-state index >= 15 is 0 Å². The van der Waals surface area contributed by atoms with Crippen LogP contribution >= 0.6 is 0 Å². The number of hydrogen-bond donors (Lipinski definition) is 2. The summed E-state index contributed by atoms with van der Waals surface area (Å²) in [6, 6.07) is 15.0. The Morgan fingerprint density at radius 1 is 1.13 bits per heavy atom. The molecule has 31 heavy (non-hydrogen) atoms. The number of halogens is 1. The Morgan fingerprint density at radius 2 is 1.90 bits per heavy atom. The predicted molar refractivity (Wildman–Crippen MR) is 112 cm³/mol. The van der Waals surface area contributed by atoms with Crippen LogP contribution in [0.1, 0.15) is 58.5 Å². The van der Waals surface area contributed by atoms with Crippen LogP contribution in [-0.4, -0.2) is 33.5 Å². The number of aromatic amines is 1. The second-order valence-corrected chi connectivity index (χ2v) is 8.66.